The van der Waals surface area contributed by atoms with E-state index < -0.39 is 5.82 Å². The first kappa shape index (κ1) is 22.8. The Bertz CT molecular complexity index is 1220. The Morgan fingerprint density at radius 3 is 2.48 bits per heavy atom. The van der Waals surface area contributed by atoms with Gasteiger partial charge in [-0.3, -0.25) is 9.36 Å². The number of hydrogen-bond donors (Lipinski definition) is 1. The van der Waals surface area contributed by atoms with Gasteiger partial charge in [-0.25, -0.2) is 4.39 Å². The zero-order valence-corrected chi connectivity index (χ0v) is 19.0. The van der Waals surface area contributed by atoms with Crippen LogP contribution in [0.5, 0.6) is 5.75 Å². The van der Waals surface area contributed by atoms with Crippen molar-refractivity contribution in [2.75, 3.05) is 5.75 Å². The van der Waals surface area contributed by atoms with E-state index in [1.54, 1.807) is 34.9 Å². The first-order chi connectivity index (χ1) is 16.1. The molecule has 0 saturated carbocycles. The van der Waals surface area contributed by atoms with Gasteiger partial charge in [-0.05, 0) is 42.0 Å². The minimum absolute atomic E-state index is 0.0200. The van der Waals surface area contributed by atoms with Crippen molar-refractivity contribution < 1.29 is 13.9 Å². The van der Waals surface area contributed by atoms with Crippen molar-refractivity contribution in [1.29, 1.82) is 0 Å². The summed E-state index contributed by atoms with van der Waals surface area (Å²) in [5.74, 6) is 0.202. The molecule has 3 aromatic carbocycles. The van der Waals surface area contributed by atoms with Crippen LogP contribution in [-0.4, -0.2) is 26.4 Å². The quantitative estimate of drug-likeness (QED) is 0.338. The van der Waals surface area contributed by atoms with Crippen LogP contribution in [0, 0.1) is 5.82 Å². The lowest BCUT2D eigenvalue weighted by atomic mass is 10.2. The van der Waals surface area contributed by atoms with Crippen LogP contribution < -0.4 is 10.1 Å². The van der Waals surface area contributed by atoms with Gasteiger partial charge in [0.15, 0.2) is 22.5 Å². The maximum Gasteiger partial charge on any atom is 0.230 e. The van der Waals surface area contributed by atoms with Crippen molar-refractivity contribution in [2.24, 2.45) is 0 Å². The third kappa shape index (κ3) is 6.12. The van der Waals surface area contributed by atoms with Crippen LogP contribution in [0.4, 0.5) is 4.39 Å². The maximum absolute atomic E-state index is 13.9. The summed E-state index contributed by atoms with van der Waals surface area (Å²) in [5, 5.41) is 12.5. The third-order valence-corrected chi connectivity index (χ3v) is 5.82. The molecule has 9 heteroatoms. The van der Waals surface area contributed by atoms with Gasteiger partial charge in [-0.1, -0.05) is 65.8 Å². The van der Waals surface area contributed by atoms with Gasteiger partial charge in [-0.15, -0.1) is 10.2 Å². The molecule has 0 aliphatic carbocycles. The number of para-hydroxylation sites is 2. The predicted molar refractivity (Wildman–Crippen MR) is 126 cm³/mol. The van der Waals surface area contributed by atoms with Crippen molar-refractivity contribution in [1.82, 2.24) is 20.1 Å². The second-order valence-electron chi connectivity index (χ2n) is 6.98. The lowest BCUT2D eigenvalue weighted by Crippen LogP contribution is -2.24. The number of thioether (sulfide) groups is 1. The highest BCUT2D eigenvalue weighted by Gasteiger charge is 2.17. The molecule has 1 amide bonds. The summed E-state index contributed by atoms with van der Waals surface area (Å²) in [6, 6.07) is 23.0. The lowest BCUT2D eigenvalue weighted by Gasteiger charge is -2.11. The fourth-order valence-electron chi connectivity index (χ4n) is 3.01. The molecule has 0 aliphatic rings. The number of aromatic nitrogens is 3. The molecular formula is C24H20ClFN4O2S. The number of carbonyl (C=O) groups is 1. The number of nitrogens with one attached hydrogen (secondary N) is 1. The third-order valence-electron chi connectivity index (χ3n) is 4.64. The molecule has 0 fully saturated rings. The second-order valence-corrected chi connectivity index (χ2v) is 8.36. The van der Waals surface area contributed by atoms with E-state index in [1.165, 1.54) is 17.8 Å². The highest BCUT2D eigenvalue weighted by atomic mass is 35.5. The van der Waals surface area contributed by atoms with E-state index in [1.807, 2.05) is 42.5 Å². The van der Waals surface area contributed by atoms with E-state index in [-0.39, 0.29) is 24.0 Å². The summed E-state index contributed by atoms with van der Waals surface area (Å²) in [4.78, 5) is 12.4. The Labute approximate surface area is 199 Å². The number of hydrogen-bond acceptors (Lipinski definition) is 5. The summed E-state index contributed by atoms with van der Waals surface area (Å²) < 4.78 is 21.3. The normalized spacial score (nSPS) is 10.7. The number of halogens is 2. The summed E-state index contributed by atoms with van der Waals surface area (Å²) in [7, 11) is 0. The van der Waals surface area contributed by atoms with Crippen molar-refractivity contribution >= 4 is 29.3 Å². The van der Waals surface area contributed by atoms with Gasteiger partial charge >= 0.3 is 0 Å². The minimum Gasteiger partial charge on any atom is -0.483 e. The van der Waals surface area contributed by atoms with Gasteiger partial charge in [0.2, 0.25) is 5.91 Å². The maximum atomic E-state index is 13.9. The molecule has 168 valence electrons. The molecule has 0 saturated heterocycles. The van der Waals surface area contributed by atoms with Gasteiger partial charge in [0.05, 0.1) is 5.75 Å². The smallest absolute Gasteiger partial charge is 0.230 e. The monoisotopic (exact) mass is 482 g/mol. The van der Waals surface area contributed by atoms with Gasteiger partial charge < -0.3 is 10.1 Å². The van der Waals surface area contributed by atoms with E-state index in [9.17, 15) is 9.18 Å². The average Bonchev–Trinajstić information content (AvgIpc) is 3.25. The molecular weight excluding hydrogens is 463 g/mol. The molecule has 0 unspecified atom stereocenters. The zero-order chi connectivity index (χ0) is 23.0. The predicted octanol–water partition coefficient (Wildman–Crippen LogP) is 5.05. The van der Waals surface area contributed by atoms with Crippen LogP contribution in [-0.2, 0) is 17.9 Å². The topological polar surface area (TPSA) is 69.0 Å². The molecule has 1 N–H and O–H groups in total. The van der Waals surface area contributed by atoms with Crippen LogP contribution in [0.1, 0.15) is 11.4 Å². The van der Waals surface area contributed by atoms with Crippen molar-refractivity contribution in [2.45, 2.75) is 18.3 Å². The summed E-state index contributed by atoms with van der Waals surface area (Å²) in [6.45, 7) is 0.426. The summed E-state index contributed by atoms with van der Waals surface area (Å²) >= 11 is 7.15. The van der Waals surface area contributed by atoms with Gasteiger partial charge in [0, 0.05) is 17.3 Å². The first-order valence-corrected chi connectivity index (χ1v) is 11.5. The standard InChI is InChI=1S/C24H20ClFN4O2S/c25-18-12-10-17(11-13-18)14-27-23(31)16-33-24-29-28-22(30(24)19-6-2-1-3-7-19)15-32-21-9-5-4-8-20(21)26/h1-13H,14-16H2,(H,27,31). The summed E-state index contributed by atoms with van der Waals surface area (Å²) in [5.41, 5.74) is 1.77. The van der Waals surface area contributed by atoms with E-state index in [0.717, 1.165) is 11.3 Å². The van der Waals surface area contributed by atoms with Crippen LogP contribution >= 0.6 is 23.4 Å². The number of nitrogens with zero attached hydrogens (tertiary/aromatic N) is 3. The highest BCUT2D eigenvalue weighted by Crippen LogP contribution is 2.24. The molecule has 0 aliphatic heterocycles. The molecule has 1 aromatic heterocycles. The molecule has 4 rings (SSSR count). The second kappa shape index (κ2) is 11.0. The van der Waals surface area contributed by atoms with Gasteiger partial charge in [0.25, 0.3) is 0 Å². The van der Waals surface area contributed by atoms with Crippen molar-refractivity contribution in [3.63, 3.8) is 0 Å². The minimum atomic E-state index is -0.449. The lowest BCUT2D eigenvalue weighted by molar-refractivity contribution is -0.118. The van der Waals surface area contributed by atoms with E-state index in [4.69, 9.17) is 16.3 Å². The number of rotatable bonds is 9. The van der Waals surface area contributed by atoms with Gasteiger partial charge in [-0.2, -0.15) is 0 Å². The van der Waals surface area contributed by atoms with Crippen LogP contribution in [0.2, 0.25) is 5.02 Å². The Balaban J connectivity index is 1.44. The molecule has 33 heavy (non-hydrogen) atoms. The van der Waals surface area contributed by atoms with E-state index >= 15 is 0 Å². The van der Waals surface area contributed by atoms with E-state index in [0.29, 0.717) is 22.5 Å². The van der Waals surface area contributed by atoms with E-state index in [2.05, 4.69) is 15.5 Å². The fraction of sp³-hybridized carbons (Fsp3) is 0.125. The Hall–Kier alpha value is -3.36. The SMILES string of the molecule is O=C(CSc1nnc(COc2ccccc2F)n1-c1ccccc1)NCc1ccc(Cl)cc1. The Morgan fingerprint density at radius 2 is 1.73 bits per heavy atom. The van der Waals surface area contributed by atoms with Crippen LogP contribution in [0.15, 0.2) is 84.0 Å². The fourth-order valence-corrected chi connectivity index (χ4v) is 3.94. The first-order valence-electron chi connectivity index (χ1n) is 10.1. The van der Waals surface area contributed by atoms with Gasteiger partial charge in [0.1, 0.15) is 6.61 Å². The molecule has 0 atom stereocenters. The number of carbonyl (C=O) groups excluding carboxylic acids is 1. The largest absolute Gasteiger partial charge is 0.483 e. The number of benzene rings is 3. The molecule has 1 heterocycles. The summed E-state index contributed by atoms with van der Waals surface area (Å²) in [6.07, 6.45) is 0. The Kier molecular flexibility index (Phi) is 7.59. The average molecular weight is 483 g/mol. The number of ether oxygens (including phenoxy) is 1. The van der Waals surface area contributed by atoms with Crippen LogP contribution in [0.3, 0.4) is 0 Å². The Morgan fingerprint density at radius 1 is 1.00 bits per heavy atom. The molecule has 0 spiro atoms. The van der Waals surface area contributed by atoms with Crippen molar-refractivity contribution in [3.05, 3.63) is 101 Å². The highest BCUT2D eigenvalue weighted by molar-refractivity contribution is 7.99. The zero-order valence-electron chi connectivity index (χ0n) is 17.4. The van der Waals surface area contributed by atoms with Crippen LogP contribution in [0.25, 0.3) is 5.69 Å². The molecule has 4 aromatic rings. The molecule has 6 nitrogen and oxygen atoms in total. The van der Waals surface area contributed by atoms with Crippen molar-refractivity contribution in [3.8, 4) is 11.4 Å². The molecule has 0 bridgehead atoms. The molecule has 0 radical (unpaired) electrons. The number of amides is 1.